The lowest BCUT2D eigenvalue weighted by Gasteiger charge is -2.42. The lowest BCUT2D eigenvalue weighted by atomic mass is 9.73. The van der Waals surface area contributed by atoms with E-state index >= 15 is 0 Å². The Hall–Kier alpha value is -6.06. The van der Waals surface area contributed by atoms with Gasteiger partial charge in [-0.25, -0.2) is 0 Å². The number of fused-ring (bicyclic) bond motifs is 8. The van der Waals surface area contributed by atoms with Crippen LogP contribution in [0.4, 0.5) is 17.1 Å². The van der Waals surface area contributed by atoms with Gasteiger partial charge in [-0.2, -0.15) is 0 Å². The Morgan fingerprint density at radius 2 is 1.10 bits per heavy atom. The average molecular weight is 617 g/mol. The molecular formula is C45H32N2O. The third-order valence-electron chi connectivity index (χ3n) is 10.4. The molecule has 0 atom stereocenters. The molecule has 0 aliphatic carbocycles. The van der Waals surface area contributed by atoms with E-state index in [1.165, 1.54) is 61.1 Å². The van der Waals surface area contributed by atoms with Crippen molar-refractivity contribution in [2.75, 3.05) is 4.90 Å². The van der Waals surface area contributed by atoms with Crippen LogP contribution in [0.5, 0.6) is 0 Å². The normalized spacial score (nSPS) is 13.8. The smallest absolute Gasteiger partial charge is 0.159 e. The number of aromatic nitrogens is 1. The summed E-state index contributed by atoms with van der Waals surface area (Å²) in [7, 11) is 0. The van der Waals surface area contributed by atoms with Crippen molar-refractivity contribution in [3.05, 3.63) is 169 Å². The summed E-state index contributed by atoms with van der Waals surface area (Å²) >= 11 is 0. The minimum atomic E-state index is -0.215. The minimum absolute atomic E-state index is 0.215. The fraction of sp³-hybridized carbons (Fsp3) is 0.0667. The van der Waals surface area contributed by atoms with Gasteiger partial charge in [-0.15, -0.1) is 0 Å². The predicted molar refractivity (Wildman–Crippen MR) is 200 cm³/mol. The Bertz CT molecular complexity index is 2710. The zero-order valence-electron chi connectivity index (χ0n) is 26.8. The third kappa shape index (κ3) is 3.76. The summed E-state index contributed by atoms with van der Waals surface area (Å²) < 4.78 is 8.95. The highest BCUT2D eigenvalue weighted by atomic mass is 16.3. The van der Waals surface area contributed by atoms with E-state index in [1.807, 2.05) is 6.07 Å². The first-order valence-electron chi connectivity index (χ1n) is 16.6. The van der Waals surface area contributed by atoms with Crippen molar-refractivity contribution >= 4 is 60.8 Å². The number of hydrogen-bond acceptors (Lipinski definition) is 2. The van der Waals surface area contributed by atoms with E-state index in [2.05, 4.69) is 175 Å². The molecular weight excluding hydrogens is 585 g/mol. The Morgan fingerprint density at radius 1 is 0.458 bits per heavy atom. The molecule has 0 N–H and O–H groups in total. The van der Waals surface area contributed by atoms with Crippen molar-refractivity contribution in [1.29, 1.82) is 0 Å². The van der Waals surface area contributed by atoms with Crippen LogP contribution in [0, 0.1) is 0 Å². The summed E-state index contributed by atoms with van der Waals surface area (Å²) in [6, 6.07) is 57.0. The van der Waals surface area contributed by atoms with Crippen LogP contribution in [-0.4, -0.2) is 4.57 Å². The quantitative estimate of drug-likeness (QED) is 0.197. The monoisotopic (exact) mass is 616 g/mol. The molecule has 228 valence electrons. The third-order valence-corrected chi connectivity index (χ3v) is 10.4. The zero-order valence-corrected chi connectivity index (χ0v) is 26.8. The van der Waals surface area contributed by atoms with Crippen LogP contribution >= 0.6 is 0 Å². The first-order valence-corrected chi connectivity index (χ1v) is 16.6. The van der Waals surface area contributed by atoms with Gasteiger partial charge in [0.05, 0.1) is 28.1 Å². The maximum Gasteiger partial charge on any atom is 0.159 e. The SMILES string of the molecule is CC1(C)c2ccccc2N(c2cccc3c2oc2ccccc23)c2ccc(-c3ccc4c(c3)c3ccccc3n4-c3ccccc3)cc21. The van der Waals surface area contributed by atoms with Crippen LogP contribution in [-0.2, 0) is 5.41 Å². The molecule has 3 heterocycles. The van der Waals surface area contributed by atoms with Gasteiger partial charge in [0.2, 0.25) is 0 Å². The van der Waals surface area contributed by atoms with Crippen molar-refractivity contribution in [2.24, 2.45) is 0 Å². The molecule has 0 bridgehead atoms. The van der Waals surface area contributed by atoms with Crippen molar-refractivity contribution in [2.45, 2.75) is 19.3 Å². The van der Waals surface area contributed by atoms with Crippen LogP contribution in [0.3, 0.4) is 0 Å². The standard InChI is InChI=1S/C45H32N2O/c1-45(2)36-18-8-10-20-40(36)47(42-21-12-17-34-33-16-7-11-22-43(33)48-44(34)42)41-26-24-30(28-37(41)45)29-23-25-39-35(27-29)32-15-6-9-19-38(32)46(39)31-13-4-3-5-14-31/h3-28H,1-2H3. The molecule has 0 saturated heterocycles. The van der Waals surface area contributed by atoms with Crippen molar-refractivity contribution in [3.8, 4) is 16.8 Å². The molecule has 0 fully saturated rings. The molecule has 7 aromatic carbocycles. The molecule has 0 radical (unpaired) electrons. The van der Waals surface area contributed by atoms with Gasteiger partial charge in [0.1, 0.15) is 5.58 Å². The first kappa shape index (κ1) is 27.1. The van der Waals surface area contributed by atoms with Gasteiger partial charge in [-0.05, 0) is 82.9 Å². The van der Waals surface area contributed by atoms with Crippen molar-refractivity contribution < 1.29 is 4.42 Å². The second-order valence-corrected chi connectivity index (χ2v) is 13.4. The molecule has 1 aliphatic heterocycles. The van der Waals surface area contributed by atoms with Gasteiger partial charge in [-0.1, -0.05) is 111 Å². The summed E-state index contributed by atoms with van der Waals surface area (Å²) in [4.78, 5) is 2.40. The highest BCUT2D eigenvalue weighted by Crippen LogP contribution is 2.54. The Kier molecular flexibility index (Phi) is 5.63. The van der Waals surface area contributed by atoms with E-state index in [0.717, 1.165) is 27.6 Å². The highest BCUT2D eigenvalue weighted by molar-refractivity contribution is 6.12. The minimum Gasteiger partial charge on any atom is -0.454 e. The Morgan fingerprint density at radius 3 is 2.00 bits per heavy atom. The number of furan rings is 1. The van der Waals surface area contributed by atoms with Gasteiger partial charge in [0.25, 0.3) is 0 Å². The molecule has 1 aliphatic rings. The first-order chi connectivity index (χ1) is 23.6. The van der Waals surface area contributed by atoms with E-state index < -0.39 is 0 Å². The zero-order chi connectivity index (χ0) is 32.0. The molecule has 3 heteroatoms. The second kappa shape index (κ2) is 9.97. The summed E-state index contributed by atoms with van der Waals surface area (Å²) in [5.74, 6) is 0. The number of nitrogens with zero attached hydrogens (tertiary/aromatic N) is 2. The molecule has 3 nitrogen and oxygen atoms in total. The number of anilines is 3. The molecule has 0 amide bonds. The van der Waals surface area contributed by atoms with E-state index in [9.17, 15) is 0 Å². The number of hydrogen-bond donors (Lipinski definition) is 0. The van der Waals surface area contributed by atoms with E-state index in [4.69, 9.17) is 4.42 Å². The maximum absolute atomic E-state index is 6.58. The fourth-order valence-electron chi connectivity index (χ4n) is 8.06. The van der Waals surface area contributed by atoms with Gasteiger partial charge >= 0.3 is 0 Å². The van der Waals surface area contributed by atoms with Crippen LogP contribution in [0.25, 0.3) is 60.6 Å². The number of benzene rings is 7. The van der Waals surface area contributed by atoms with Crippen LogP contribution in [0.2, 0.25) is 0 Å². The predicted octanol–water partition coefficient (Wildman–Crippen LogP) is 12.5. The molecule has 0 unspecified atom stereocenters. The molecule has 0 saturated carbocycles. The summed E-state index contributed by atoms with van der Waals surface area (Å²) in [5, 5.41) is 4.79. The lowest BCUT2D eigenvalue weighted by Crippen LogP contribution is -2.30. The van der Waals surface area contributed by atoms with Crippen molar-refractivity contribution in [3.63, 3.8) is 0 Å². The molecule has 9 aromatic rings. The Labute approximate surface area is 278 Å². The topological polar surface area (TPSA) is 21.3 Å². The van der Waals surface area contributed by atoms with Gasteiger partial charge < -0.3 is 13.9 Å². The maximum atomic E-state index is 6.58. The van der Waals surface area contributed by atoms with Gasteiger partial charge in [0.15, 0.2) is 5.58 Å². The summed E-state index contributed by atoms with van der Waals surface area (Å²) in [5.41, 5.74) is 13.6. The van der Waals surface area contributed by atoms with Crippen LogP contribution in [0.15, 0.2) is 162 Å². The van der Waals surface area contributed by atoms with E-state index in [-0.39, 0.29) is 5.41 Å². The average Bonchev–Trinajstić information content (AvgIpc) is 3.68. The lowest BCUT2D eigenvalue weighted by molar-refractivity contribution is 0.631. The summed E-state index contributed by atoms with van der Waals surface area (Å²) in [6.45, 7) is 4.70. The largest absolute Gasteiger partial charge is 0.454 e. The van der Waals surface area contributed by atoms with Crippen LogP contribution in [0.1, 0.15) is 25.0 Å². The number of rotatable bonds is 3. The molecule has 0 spiro atoms. The number of para-hydroxylation sites is 5. The summed E-state index contributed by atoms with van der Waals surface area (Å²) in [6.07, 6.45) is 0. The Balaban J connectivity index is 1.18. The second-order valence-electron chi connectivity index (χ2n) is 13.4. The molecule has 2 aromatic heterocycles. The fourth-order valence-corrected chi connectivity index (χ4v) is 8.06. The van der Waals surface area contributed by atoms with E-state index in [1.54, 1.807) is 0 Å². The van der Waals surface area contributed by atoms with Gasteiger partial charge in [0, 0.05) is 32.6 Å². The highest BCUT2D eigenvalue weighted by Gasteiger charge is 2.38. The molecule has 10 rings (SSSR count). The van der Waals surface area contributed by atoms with Crippen molar-refractivity contribution in [1.82, 2.24) is 4.57 Å². The van der Waals surface area contributed by atoms with Gasteiger partial charge in [-0.3, -0.25) is 0 Å². The van der Waals surface area contributed by atoms with Crippen LogP contribution < -0.4 is 4.90 Å². The van der Waals surface area contributed by atoms with E-state index in [0.29, 0.717) is 0 Å². The molecule has 48 heavy (non-hydrogen) atoms.